The molecule has 0 amide bonds. The highest BCUT2D eigenvalue weighted by Crippen LogP contribution is 2.29. The van der Waals surface area contributed by atoms with Crippen molar-refractivity contribution in [3.05, 3.63) is 16.1 Å². The number of carbonyl (C=O) groups is 1. The molecule has 0 radical (unpaired) electrons. The summed E-state index contributed by atoms with van der Waals surface area (Å²) >= 11 is 3.05. The van der Waals surface area contributed by atoms with Gasteiger partial charge in [-0.05, 0) is 13.8 Å². The number of thiazole rings is 1. The van der Waals surface area contributed by atoms with Crippen molar-refractivity contribution in [2.75, 3.05) is 0 Å². The largest absolute Gasteiger partial charge is 0.480 e. The second kappa shape index (κ2) is 5.19. The molecule has 1 aromatic heterocycles. The number of carboxylic acids is 1. The molecule has 3 nitrogen and oxygen atoms in total. The molecule has 0 saturated carbocycles. The Morgan fingerprint density at radius 3 is 2.69 bits per heavy atom. The van der Waals surface area contributed by atoms with Crippen LogP contribution in [0.25, 0.3) is 0 Å². The third-order valence-corrected chi connectivity index (χ3v) is 4.69. The molecule has 16 heavy (non-hydrogen) atoms. The minimum atomic E-state index is -0.781. The highest BCUT2D eigenvalue weighted by Gasteiger charge is 2.27. The summed E-state index contributed by atoms with van der Waals surface area (Å²) in [5.41, 5.74) is 0.980. The van der Waals surface area contributed by atoms with E-state index in [9.17, 15) is 4.79 Å². The monoisotopic (exact) mass is 259 g/mol. The lowest BCUT2D eigenvalue weighted by Crippen LogP contribution is -2.27. The molecular weight excluding hydrogens is 242 g/mol. The zero-order chi connectivity index (χ0) is 12.3. The summed E-state index contributed by atoms with van der Waals surface area (Å²) < 4.78 is -0.748. The number of thioether (sulfide) groups is 1. The molecule has 1 heterocycles. The predicted octanol–water partition coefficient (Wildman–Crippen LogP) is 3.36. The van der Waals surface area contributed by atoms with Crippen LogP contribution in [0.5, 0.6) is 0 Å². The number of aliphatic carboxylic acids is 1. The Hall–Kier alpha value is -0.550. The molecule has 90 valence electrons. The molecule has 1 aromatic rings. The van der Waals surface area contributed by atoms with Crippen LogP contribution in [0.15, 0.2) is 5.38 Å². The van der Waals surface area contributed by atoms with E-state index in [1.807, 2.05) is 5.38 Å². The molecule has 0 aliphatic rings. The van der Waals surface area contributed by atoms with E-state index in [4.69, 9.17) is 5.11 Å². The van der Waals surface area contributed by atoms with Crippen molar-refractivity contribution in [2.24, 2.45) is 0 Å². The Morgan fingerprint density at radius 2 is 2.25 bits per heavy atom. The van der Waals surface area contributed by atoms with Crippen molar-refractivity contribution in [1.82, 2.24) is 4.98 Å². The van der Waals surface area contributed by atoms with Gasteiger partial charge < -0.3 is 5.11 Å². The smallest absolute Gasteiger partial charge is 0.319 e. The zero-order valence-electron chi connectivity index (χ0n) is 9.98. The van der Waals surface area contributed by atoms with Gasteiger partial charge in [0.15, 0.2) is 0 Å². The normalized spacial score (nSPS) is 12.1. The van der Waals surface area contributed by atoms with Crippen molar-refractivity contribution in [3.8, 4) is 0 Å². The molecule has 0 bridgehead atoms. The topological polar surface area (TPSA) is 50.2 Å². The van der Waals surface area contributed by atoms with Gasteiger partial charge in [-0.1, -0.05) is 13.8 Å². The van der Waals surface area contributed by atoms with Crippen molar-refractivity contribution >= 4 is 29.1 Å². The van der Waals surface area contributed by atoms with E-state index in [0.29, 0.717) is 11.7 Å². The maximum Gasteiger partial charge on any atom is 0.319 e. The van der Waals surface area contributed by atoms with Crippen LogP contribution in [0, 0.1) is 0 Å². The highest BCUT2D eigenvalue weighted by atomic mass is 32.2. The van der Waals surface area contributed by atoms with E-state index < -0.39 is 10.7 Å². The van der Waals surface area contributed by atoms with Gasteiger partial charge in [0, 0.05) is 17.1 Å². The molecule has 0 fully saturated rings. The van der Waals surface area contributed by atoms with Crippen LogP contribution >= 0.6 is 23.1 Å². The fourth-order valence-corrected chi connectivity index (χ4v) is 2.69. The number of nitrogens with zero attached hydrogens (tertiary/aromatic N) is 1. The van der Waals surface area contributed by atoms with Crippen LogP contribution in [0.2, 0.25) is 0 Å². The van der Waals surface area contributed by atoms with E-state index in [2.05, 4.69) is 18.8 Å². The van der Waals surface area contributed by atoms with Gasteiger partial charge in [-0.25, -0.2) is 4.98 Å². The average molecular weight is 259 g/mol. The van der Waals surface area contributed by atoms with E-state index in [0.717, 1.165) is 10.7 Å². The first kappa shape index (κ1) is 13.5. The molecule has 0 aliphatic heterocycles. The van der Waals surface area contributed by atoms with Gasteiger partial charge in [0.05, 0.1) is 10.7 Å². The summed E-state index contributed by atoms with van der Waals surface area (Å²) in [7, 11) is 0. The molecule has 0 aromatic carbocycles. The summed E-state index contributed by atoms with van der Waals surface area (Å²) in [4.78, 5) is 15.4. The maximum absolute atomic E-state index is 10.9. The van der Waals surface area contributed by atoms with E-state index in [1.165, 1.54) is 11.8 Å². The number of aromatic nitrogens is 1. The summed E-state index contributed by atoms with van der Waals surface area (Å²) in [5, 5.41) is 12.1. The Bertz CT molecular complexity index is 372. The molecule has 5 heteroatoms. The summed E-state index contributed by atoms with van der Waals surface area (Å²) in [5.74, 6) is 0.316. The standard InChI is InChI=1S/C11H17NO2S2/c1-7(2)9-12-8(5-15-9)6-16-11(3,4)10(13)14/h5,7H,6H2,1-4H3,(H,13,14). The van der Waals surface area contributed by atoms with E-state index in [-0.39, 0.29) is 0 Å². The lowest BCUT2D eigenvalue weighted by atomic mass is 10.2. The molecular formula is C11H17NO2S2. The minimum absolute atomic E-state index is 0.441. The van der Waals surface area contributed by atoms with Crippen molar-refractivity contribution in [3.63, 3.8) is 0 Å². The van der Waals surface area contributed by atoms with Gasteiger partial charge in [0.2, 0.25) is 0 Å². The predicted molar refractivity (Wildman–Crippen MR) is 69.2 cm³/mol. The summed E-state index contributed by atoms with van der Waals surface area (Å²) in [6.07, 6.45) is 0. The van der Waals surface area contributed by atoms with Gasteiger partial charge in [-0.2, -0.15) is 0 Å². The van der Waals surface area contributed by atoms with Crippen LogP contribution in [-0.2, 0) is 10.5 Å². The molecule has 0 saturated heterocycles. The lowest BCUT2D eigenvalue weighted by molar-refractivity contribution is -0.138. The highest BCUT2D eigenvalue weighted by molar-refractivity contribution is 8.00. The van der Waals surface area contributed by atoms with Gasteiger partial charge in [-0.3, -0.25) is 4.79 Å². The SMILES string of the molecule is CC(C)c1nc(CSC(C)(C)C(=O)O)cs1. The number of hydrogen-bond acceptors (Lipinski definition) is 4. The Kier molecular flexibility index (Phi) is 4.38. The van der Waals surface area contributed by atoms with E-state index in [1.54, 1.807) is 25.2 Å². The number of hydrogen-bond donors (Lipinski definition) is 1. The van der Waals surface area contributed by atoms with Gasteiger partial charge in [0.1, 0.15) is 4.75 Å². The van der Waals surface area contributed by atoms with Crippen LogP contribution in [-0.4, -0.2) is 20.8 Å². The van der Waals surface area contributed by atoms with Crippen molar-refractivity contribution in [2.45, 2.75) is 44.1 Å². The van der Waals surface area contributed by atoms with Crippen molar-refractivity contribution < 1.29 is 9.90 Å². The van der Waals surface area contributed by atoms with Crippen molar-refractivity contribution in [1.29, 1.82) is 0 Å². The maximum atomic E-state index is 10.9. The lowest BCUT2D eigenvalue weighted by Gasteiger charge is -2.17. The average Bonchev–Trinajstić information content (AvgIpc) is 2.63. The quantitative estimate of drug-likeness (QED) is 0.881. The first-order valence-electron chi connectivity index (χ1n) is 5.14. The van der Waals surface area contributed by atoms with Gasteiger partial charge in [0.25, 0.3) is 0 Å². The third kappa shape index (κ3) is 3.49. The van der Waals surface area contributed by atoms with Gasteiger partial charge in [-0.15, -0.1) is 23.1 Å². The Morgan fingerprint density at radius 1 is 1.62 bits per heavy atom. The molecule has 0 aliphatic carbocycles. The first-order chi connectivity index (χ1) is 7.33. The summed E-state index contributed by atoms with van der Waals surface area (Å²) in [6.45, 7) is 7.65. The second-order valence-electron chi connectivity index (χ2n) is 4.44. The Balaban J connectivity index is 2.58. The van der Waals surface area contributed by atoms with E-state index >= 15 is 0 Å². The molecule has 0 atom stereocenters. The summed E-state index contributed by atoms with van der Waals surface area (Å²) in [6, 6.07) is 0. The minimum Gasteiger partial charge on any atom is -0.480 e. The number of carboxylic acid groups (broad SMARTS) is 1. The fraction of sp³-hybridized carbons (Fsp3) is 0.636. The first-order valence-corrected chi connectivity index (χ1v) is 7.01. The van der Waals surface area contributed by atoms with Crippen LogP contribution in [0.3, 0.4) is 0 Å². The molecule has 1 N–H and O–H groups in total. The van der Waals surface area contributed by atoms with Gasteiger partial charge >= 0.3 is 5.97 Å². The molecule has 0 unspecified atom stereocenters. The number of rotatable bonds is 5. The molecule has 1 rings (SSSR count). The zero-order valence-corrected chi connectivity index (χ0v) is 11.6. The third-order valence-electron chi connectivity index (χ3n) is 2.16. The Labute approximate surface area is 104 Å². The molecule has 0 spiro atoms. The second-order valence-corrected chi connectivity index (χ2v) is 6.92. The van der Waals surface area contributed by atoms with Crippen LogP contribution < -0.4 is 0 Å². The van der Waals surface area contributed by atoms with Crippen LogP contribution in [0.4, 0.5) is 0 Å². The fourth-order valence-electron chi connectivity index (χ4n) is 0.970. The van der Waals surface area contributed by atoms with Crippen LogP contribution in [0.1, 0.15) is 44.3 Å².